The van der Waals surface area contributed by atoms with E-state index in [9.17, 15) is 4.79 Å². The van der Waals surface area contributed by atoms with Crippen molar-refractivity contribution in [3.63, 3.8) is 0 Å². The molecule has 0 aliphatic heterocycles. The van der Waals surface area contributed by atoms with E-state index in [1.54, 1.807) is 0 Å². The average molecular weight is 264 g/mol. The Morgan fingerprint density at radius 1 is 0.895 bits per heavy atom. The van der Waals surface area contributed by atoms with Crippen molar-refractivity contribution >= 4 is 6.29 Å². The Balaban J connectivity index is 1.74. The van der Waals surface area contributed by atoms with Gasteiger partial charge in [-0.2, -0.15) is 0 Å². The largest absolute Gasteiger partial charge is 0.303 e. The van der Waals surface area contributed by atoms with Crippen molar-refractivity contribution in [3.8, 4) is 0 Å². The molecule has 2 fully saturated rings. The van der Waals surface area contributed by atoms with Gasteiger partial charge in [0.2, 0.25) is 0 Å². The van der Waals surface area contributed by atoms with E-state index < -0.39 is 0 Å². The summed E-state index contributed by atoms with van der Waals surface area (Å²) in [5, 5.41) is 0. The zero-order valence-electron chi connectivity index (χ0n) is 12.9. The Morgan fingerprint density at radius 2 is 1.58 bits per heavy atom. The van der Waals surface area contributed by atoms with E-state index >= 15 is 0 Å². The summed E-state index contributed by atoms with van der Waals surface area (Å²) >= 11 is 0. The first kappa shape index (κ1) is 15.1. The standard InChI is InChI=1S/C18H32O/c1-14-7-5-8-15(2)18(14)12-6-11-16-9-3-4-10-17(16)13-19/h13-18H,3-12H2,1-2H3. The maximum atomic E-state index is 11.1. The van der Waals surface area contributed by atoms with Gasteiger partial charge in [0.1, 0.15) is 6.29 Å². The molecule has 110 valence electrons. The molecule has 0 saturated heterocycles. The first-order valence-corrected chi connectivity index (χ1v) is 8.67. The van der Waals surface area contributed by atoms with Gasteiger partial charge in [0.15, 0.2) is 0 Å². The van der Waals surface area contributed by atoms with Gasteiger partial charge < -0.3 is 4.79 Å². The summed E-state index contributed by atoms with van der Waals surface area (Å²) in [6, 6.07) is 0. The summed E-state index contributed by atoms with van der Waals surface area (Å²) in [5.74, 6) is 3.90. The van der Waals surface area contributed by atoms with Gasteiger partial charge >= 0.3 is 0 Å². The fourth-order valence-electron chi connectivity index (χ4n) is 4.71. The number of rotatable bonds is 5. The van der Waals surface area contributed by atoms with Gasteiger partial charge in [-0.1, -0.05) is 52.4 Å². The molecule has 1 heteroatoms. The second kappa shape index (κ2) is 7.45. The maximum Gasteiger partial charge on any atom is 0.123 e. The van der Waals surface area contributed by atoms with Crippen LogP contribution in [0.25, 0.3) is 0 Å². The number of hydrogen-bond acceptors (Lipinski definition) is 1. The second-order valence-electron chi connectivity index (χ2n) is 7.32. The Bertz CT molecular complexity index is 263. The predicted molar refractivity (Wildman–Crippen MR) is 81.0 cm³/mol. The van der Waals surface area contributed by atoms with Crippen LogP contribution in [0.1, 0.15) is 78.1 Å². The van der Waals surface area contributed by atoms with E-state index in [1.807, 2.05) is 0 Å². The molecule has 19 heavy (non-hydrogen) atoms. The molecule has 0 amide bonds. The van der Waals surface area contributed by atoms with Gasteiger partial charge in [-0.15, -0.1) is 0 Å². The molecule has 2 saturated carbocycles. The van der Waals surface area contributed by atoms with Crippen molar-refractivity contribution in [1.29, 1.82) is 0 Å². The van der Waals surface area contributed by atoms with Crippen LogP contribution in [-0.2, 0) is 4.79 Å². The molecule has 2 rings (SSSR count). The molecule has 0 bridgehead atoms. The Hall–Kier alpha value is -0.330. The highest BCUT2D eigenvalue weighted by molar-refractivity contribution is 5.54. The first-order chi connectivity index (χ1) is 9.22. The summed E-state index contributed by atoms with van der Waals surface area (Å²) in [6.45, 7) is 4.91. The number of aldehydes is 1. The number of carbonyl (C=O) groups is 1. The lowest BCUT2D eigenvalue weighted by atomic mass is 9.70. The van der Waals surface area contributed by atoms with Crippen LogP contribution in [0, 0.1) is 29.6 Å². The third-order valence-corrected chi connectivity index (χ3v) is 6.04. The molecule has 4 atom stereocenters. The fraction of sp³-hybridized carbons (Fsp3) is 0.944. The van der Waals surface area contributed by atoms with Gasteiger partial charge in [0, 0.05) is 5.92 Å². The van der Waals surface area contributed by atoms with Crippen LogP contribution in [0.2, 0.25) is 0 Å². The van der Waals surface area contributed by atoms with E-state index in [4.69, 9.17) is 0 Å². The van der Waals surface area contributed by atoms with Gasteiger partial charge in [0.05, 0.1) is 0 Å². The minimum Gasteiger partial charge on any atom is -0.303 e. The van der Waals surface area contributed by atoms with E-state index in [0.717, 1.165) is 24.2 Å². The topological polar surface area (TPSA) is 17.1 Å². The molecule has 0 heterocycles. The van der Waals surface area contributed by atoms with Crippen molar-refractivity contribution in [2.45, 2.75) is 78.1 Å². The van der Waals surface area contributed by atoms with Gasteiger partial charge in [0.25, 0.3) is 0 Å². The quantitative estimate of drug-likeness (QED) is 0.621. The van der Waals surface area contributed by atoms with Gasteiger partial charge in [-0.25, -0.2) is 0 Å². The summed E-state index contributed by atoms with van der Waals surface area (Å²) < 4.78 is 0. The van der Waals surface area contributed by atoms with E-state index in [-0.39, 0.29) is 0 Å². The third kappa shape index (κ3) is 4.07. The normalized spacial score (nSPS) is 40.0. The zero-order valence-corrected chi connectivity index (χ0v) is 12.9. The molecule has 0 N–H and O–H groups in total. The Kier molecular flexibility index (Phi) is 5.91. The fourth-order valence-corrected chi connectivity index (χ4v) is 4.71. The minimum atomic E-state index is 0.384. The molecule has 2 aliphatic rings. The van der Waals surface area contributed by atoms with Crippen LogP contribution in [-0.4, -0.2) is 6.29 Å². The predicted octanol–water partition coefficient (Wildman–Crippen LogP) is 5.23. The maximum absolute atomic E-state index is 11.1. The van der Waals surface area contributed by atoms with Crippen LogP contribution >= 0.6 is 0 Å². The highest BCUT2D eigenvalue weighted by Gasteiger charge is 2.28. The molecule has 0 aromatic heterocycles. The van der Waals surface area contributed by atoms with Crippen molar-refractivity contribution in [3.05, 3.63) is 0 Å². The molecule has 0 radical (unpaired) electrons. The molecule has 0 aromatic carbocycles. The van der Waals surface area contributed by atoms with Crippen LogP contribution in [0.3, 0.4) is 0 Å². The Labute approximate surface area is 119 Å². The van der Waals surface area contributed by atoms with Gasteiger partial charge in [-0.05, 0) is 49.4 Å². The van der Waals surface area contributed by atoms with Crippen LogP contribution < -0.4 is 0 Å². The van der Waals surface area contributed by atoms with Crippen molar-refractivity contribution < 1.29 is 4.79 Å². The molecule has 2 aliphatic carbocycles. The van der Waals surface area contributed by atoms with Crippen molar-refractivity contribution in [2.75, 3.05) is 0 Å². The lowest BCUT2D eigenvalue weighted by Crippen LogP contribution is -2.25. The highest BCUT2D eigenvalue weighted by atomic mass is 16.1. The SMILES string of the molecule is CC1CCCC(C)C1CCCC1CCCCC1C=O. The summed E-state index contributed by atoms with van der Waals surface area (Å²) in [7, 11) is 0. The van der Waals surface area contributed by atoms with Crippen LogP contribution in [0.5, 0.6) is 0 Å². The monoisotopic (exact) mass is 264 g/mol. The molecular weight excluding hydrogens is 232 g/mol. The molecule has 0 spiro atoms. The second-order valence-corrected chi connectivity index (χ2v) is 7.32. The Morgan fingerprint density at radius 3 is 2.26 bits per heavy atom. The number of carbonyl (C=O) groups excluding carboxylic acids is 1. The van der Waals surface area contributed by atoms with Crippen molar-refractivity contribution in [2.24, 2.45) is 29.6 Å². The van der Waals surface area contributed by atoms with E-state index in [0.29, 0.717) is 11.8 Å². The highest BCUT2D eigenvalue weighted by Crippen LogP contribution is 2.39. The lowest BCUT2D eigenvalue weighted by Gasteiger charge is -2.35. The molecular formula is C18H32O. The molecule has 0 aromatic rings. The molecule has 1 nitrogen and oxygen atoms in total. The lowest BCUT2D eigenvalue weighted by molar-refractivity contribution is -0.113. The minimum absolute atomic E-state index is 0.384. The number of hydrogen-bond donors (Lipinski definition) is 0. The zero-order chi connectivity index (χ0) is 13.7. The van der Waals surface area contributed by atoms with E-state index in [1.165, 1.54) is 64.1 Å². The van der Waals surface area contributed by atoms with Gasteiger partial charge in [-0.3, -0.25) is 0 Å². The molecule has 4 unspecified atom stereocenters. The first-order valence-electron chi connectivity index (χ1n) is 8.67. The van der Waals surface area contributed by atoms with E-state index in [2.05, 4.69) is 13.8 Å². The van der Waals surface area contributed by atoms with Crippen molar-refractivity contribution in [1.82, 2.24) is 0 Å². The third-order valence-electron chi connectivity index (χ3n) is 6.04. The smallest absolute Gasteiger partial charge is 0.123 e. The van der Waals surface area contributed by atoms with Crippen LogP contribution in [0.4, 0.5) is 0 Å². The summed E-state index contributed by atoms with van der Waals surface area (Å²) in [6.07, 6.45) is 14.7. The van der Waals surface area contributed by atoms with Crippen LogP contribution in [0.15, 0.2) is 0 Å². The summed E-state index contributed by atoms with van der Waals surface area (Å²) in [4.78, 5) is 11.1. The summed E-state index contributed by atoms with van der Waals surface area (Å²) in [5.41, 5.74) is 0. The average Bonchev–Trinajstić information content (AvgIpc) is 2.42.